The molecule has 0 bridgehead atoms. The highest BCUT2D eigenvalue weighted by atomic mass is 32.2. The first-order valence-corrected chi connectivity index (χ1v) is 7.46. The average molecular weight is 333 g/mol. The molecule has 0 spiro atoms. The standard InChI is InChI=1S/C14H17F2NO4S/c1-9(14(19)17-5-6-20-2)21-13(18)8-22-12-7-10(15)3-4-11(12)16/h3-4,7,9H,5-6,8H2,1-2H3,(H,17,19)/t9-/m0/s1. The number of ether oxygens (including phenoxy) is 2. The number of carbonyl (C=O) groups excluding carboxylic acids is 2. The molecule has 1 aromatic carbocycles. The van der Waals surface area contributed by atoms with E-state index in [1.807, 2.05) is 0 Å². The minimum Gasteiger partial charge on any atom is -0.452 e. The molecule has 0 unspecified atom stereocenters. The van der Waals surface area contributed by atoms with Gasteiger partial charge in [-0.15, -0.1) is 11.8 Å². The summed E-state index contributed by atoms with van der Waals surface area (Å²) in [4.78, 5) is 23.2. The van der Waals surface area contributed by atoms with Gasteiger partial charge in [-0.25, -0.2) is 8.78 Å². The first-order valence-electron chi connectivity index (χ1n) is 6.48. The molecular weight excluding hydrogens is 316 g/mol. The highest BCUT2D eigenvalue weighted by Gasteiger charge is 2.18. The number of nitrogens with one attached hydrogen (secondary N) is 1. The van der Waals surface area contributed by atoms with Crippen LogP contribution < -0.4 is 5.32 Å². The van der Waals surface area contributed by atoms with Crippen LogP contribution in [0.3, 0.4) is 0 Å². The lowest BCUT2D eigenvalue weighted by atomic mass is 10.3. The van der Waals surface area contributed by atoms with Crippen molar-refractivity contribution < 1.29 is 27.8 Å². The maximum absolute atomic E-state index is 13.4. The number of benzene rings is 1. The van der Waals surface area contributed by atoms with Gasteiger partial charge in [0.15, 0.2) is 6.10 Å². The maximum atomic E-state index is 13.4. The van der Waals surface area contributed by atoms with Crippen LogP contribution in [0.1, 0.15) is 6.92 Å². The molecule has 22 heavy (non-hydrogen) atoms. The second kappa shape index (κ2) is 9.37. The molecule has 0 radical (unpaired) electrons. The predicted octanol–water partition coefficient (Wildman–Crippen LogP) is 1.75. The molecule has 0 heterocycles. The third kappa shape index (κ3) is 6.40. The molecule has 0 aliphatic carbocycles. The van der Waals surface area contributed by atoms with Gasteiger partial charge < -0.3 is 14.8 Å². The van der Waals surface area contributed by atoms with Crippen LogP contribution in [0.5, 0.6) is 0 Å². The Morgan fingerprint density at radius 2 is 2.09 bits per heavy atom. The zero-order chi connectivity index (χ0) is 16.5. The Morgan fingerprint density at radius 1 is 1.36 bits per heavy atom. The van der Waals surface area contributed by atoms with Crippen LogP contribution in [0.4, 0.5) is 8.78 Å². The van der Waals surface area contributed by atoms with Crippen molar-refractivity contribution in [2.75, 3.05) is 26.0 Å². The van der Waals surface area contributed by atoms with Gasteiger partial charge in [0.2, 0.25) is 0 Å². The van der Waals surface area contributed by atoms with Crippen molar-refractivity contribution in [3.8, 4) is 0 Å². The SMILES string of the molecule is COCCNC(=O)[C@H](C)OC(=O)CSc1cc(F)ccc1F. The van der Waals surface area contributed by atoms with Crippen LogP contribution in [0.2, 0.25) is 0 Å². The van der Waals surface area contributed by atoms with Crippen LogP contribution in [-0.4, -0.2) is 44.0 Å². The van der Waals surface area contributed by atoms with Crippen LogP contribution in [0.25, 0.3) is 0 Å². The number of esters is 1. The Labute approximate surface area is 131 Å². The highest BCUT2D eigenvalue weighted by Crippen LogP contribution is 2.22. The zero-order valence-electron chi connectivity index (χ0n) is 12.2. The second-order valence-corrected chi connectivity index (χ2v) is 5.30. The van der Waals surface area contributed by atoms with Crippen LogP contribution in [0.15, 0.2) is 23.1 Å². The van der Waals surface area contributed by atoms with E-state index in [2.05, 4.69) is 5.32 Å². The lowest BCUT2D eigenvalue weighted by Crippen LogP contribution is -2.37. The molecule has 0 saturated carbocycles. The van der Waals surface area contributed by atoms with Crippen molar-refractivity contribution in [3.05, 3.63) is 29.8 Å². The smallest absolute Gasteiger partial charge is 0.317 e. The number of methoxy groups -OCH3 is 1. The molecular formula is C14H17F2NO4S. The summed E-state index contributed by atoms with van der Waals surface area (Å²) in [7, 11) is 1.50. The Hall–Kier alpha value is -1.67. The molecule has 0 saturated heterocycles. The first kappa shape index (κ1) is 18.4. The average Bonchev–Trinajstić information content (AvgIpc) is 2.48. The summed E-state index contributed by atoms with van der Waals surface area (Å²) in [5, 5.41) is 2.52. The molecule has 122 valence electrons. The van der Waals surface area contributed by atoms with Crippen molar-refractivity contribution in [1.82, 2.24) is 5.32 Å². The van der Waals surface area contributed by atoms with E-state index in [0.29, 0.717) is 13.2 Å². The number of hydrogen-bond donors (Lipinski definition) is 1. The lowest BCUT2D eigenvalue weighted by molar-refractivity contribution is -0.152. The number of amides is 1. The van der Waals surface area contributed by atoms with Crippen molar-refractivity contribution in [1.29, 1.82) is 0 Å². The van der Waals surface area contributed by atoms with Gasteiger partial charge in [-0.05, 0) is 25.1 Å². The molecule has 1 aromatic rings. The summed E-state index contributed by atoms with van der Waals surface area (Å²) in [5.74, 6) is -2.58. The summed E-state index contributed by atoms with van der Waals surface area (Å²) < 4.78 is 36.0. The molecule has 8 heteroatoms. The Balaban J connectivity index is 2.39. The topological polar surface area (TPSA) is 64.6 Å². The van der Waals surface area contributed by atoms with E-state index in [4.69, 9.17) is 9.47 Å². The van der Waals surface area contributed by atoms with E-state index in [9.17, 15) is 18.4 Å². The van der Waals surface area contributed by atoms with Crippen molar-refractivity contribution >= 4 is 23.6 Å². The number of carbonyl (C=O) groups is 2. The van der Waals surface area contributed by atoms with E-state index < -0.39 is 29.6 Å². The molecule has 0 aromatic heterocycles. The molecule has 1 rings (SSSR count). The zero-order valence-corrected chi connectivity index (χ0v) is 13.0. The summed E-state index contributed by atoms with van der Waals surface area (Å²) in [6, 6.07) is 2.97. The van der Waals surface area contributed by atoms with Gasteiger partial charge in [-0.2, -0.15) is 0 Å². The largest absolute Gasteiger partial charge is 0.452 e. The Bertz CT molecular complexity index is 528. The van der Waals surface area contributed by atoms with Gasteiger partial charge in [0.05, 0.1) is 12.4 Å². The van der Waals surface area contributed by atoms with Gasteiger partial charge in [0, 0.05) is 18.6 Å². The van der Waals surface area contributed by atoms with Crippen LogP contribution in [-0.2, 0) is 19.1 Å². The molecule has 0 aliphatic rings. The van der Waals surface area contributed by atoms with E-state index in [1.165, 1.54) is 14.0 Å². The van der Waals surface area contributed by atoms with Crippen molar-refractivity contribution in [3.63, 3.8) is 0 Å². The Kier molecular flexibility index (Phi) is 7.83. The number of rotatable bonds is 8. The summed E-state index contributed by atoms with van der Waals surface area (Å²) in [6.07, 6.45) is -0.970. The van der Waals surface area contributed by atoms with Crippen LogP contribution >= 0.6 is 11.8 Å². The fourth-order valence-electron chi connectivity index (χ4n) is 1.43. The molecule has 1 N–H and O–H groups in total. The van der Waals surface area contributed by atoms with Gasteiger partial charge in [0.25, 0.3) is 5.91 Å². The van der Waals surface area contributed by atoms with Crippen molar-refractivity contribution in [2.45, 2.75) is 17.9 Å². The minimum atomic E-state index is -0.970. The number of halogens is 2. The van der Waals surface area contributed by atoms with Crippen LogP contribution in [0, 0.1) is 11.6 Å². The molecule has 1 amide bonds. The summed E-state index contributed by atoms with van der Waals surface area (Å²) >= 11 is 0.803. The van der Waals surface area contributed by atoms with Gasteiger partial charge in [-0.3, -0.25) is 9.59 Å². The van der Waals surface area contributed by atoms with Crippen molar-refractivity contribution in [2.24, 2.45) is 0 Å². The lowest BCUT2D eigenvalue weighted by Gasteiger charge is -2.13. The minimum absolute atomic E-state index is 0.00847. The normalized spacial score (nSPS) is 11.8. The van der Waals surface area contributed by atoms with Gasteiger partial charge in [0.1, 0.15) is 11.6 Å². The number of thioether (sulfide) groups is 1. The molecule has 0 aliphatic heterocycles. The van der Waals surface area contributed by atoms with Gasteiger partial charge in [-0.1, -0.05) is 0 Å². The fourth-order valence-corrected chi connectivity index (χ4v) is 2.17. The number of hydrogen-bond acceptors (Lipinski definition) is 5. The highest BCUT2D eigenvalue weighted by molar-refractivity contribution is 8.00. The quantitative estimate of drug-likeness (QED) is 0.446. The second-order valence-electron chi connectivity index (χ2n) is 4.28. The molecule has 5 nitrogen and oxygen atoms in total. The Morgan fingerprint density at radius 3 is 2.77 bits per heavy atom. The van der Waals surface area contributed by atoms with Gasteiger partial charge >= 0.3 is 5.97 Å². The third-order valence-electron chi connectivity index (χ3n) is 2.52. The third-order valence-corrected chi connectivity index (χ3v) is 3.53. The van der Waals surface area contributed by atoms with E-state index in [-0.39, 0.29) is 10.6 Å². The summed E-state index contributed by atoms with van der Waals surface area (Å²) in [6.45, 7) is 2.08. The first-order chi connectivity index (χ1) is 10.4. The van der Waals surface area contributed by atoms with E-state index in [1.54, 1.807) is 0 Å². The summed E-state index contributed by atoms with van der Waals surface area (Å²) in [5.41, 5.74) is 0. The fraction of sp³-hybridized carbons (Fsp3) is 0.429. The van der Waals surface area contributed by atoms with E-state index >= 15 is 0 Å². The molecule has 0 fully saturated rings. The van der Waals surface area contributed by atoms with E-state index in [0.717, 1.165) is 30.0 Å². The monoisotopic (exact) mass is 333 g/mol. The maximum Gasteiger partial charge on any atom is 0.317 e. The predicted molar refractivity (Wildman–Crippen MR) is 77.5 cm³/mol. The molecule has 1 atom stereocenters.